The van der Waals surface area contributed by atoms with Crippen molar-refractivity contribution in [3.63, 3.8) is 0 Å². The minimum absolute atomic E-state index is 0. The molecule has 11 aromatic rings. The second-order valence-electron chi connectivity index (χ2n) is 28.6. The van der Waals surface area contributed by atoms with E-state index in [0.29, 0.717) is 11.5 Å². The molecule has 5 heterocycles. The Balaban J connectivity index is 0.00000686. The van der Waals surface area contributed by atoms with Crippen molar-refractivity contribution in [2.45, 2.75) is 118 Å². The van der Waals surface area contributed by atoms with Gasteiger partial charge in [0.25, 0.3) is 0 Å². The summed E-state index contributed by atoms with van der Waals surface area (Å²) in [6.45, 7) is 35.1. The maximum atomic E-state index is 7.34. The minimum atomic E-state index is -2.95. The van der Waals surface area contributed by atoms with Crippen LogP contribution in [0, 0.1) is 18.8 Å². The molecule has 5 nitrogen and oxygen atoms in total. The smallest absolute Gasteiger partial charge is 0.155 e. The van der Waals surface area contributed by atoms with Crippen LogP contribution in [-0.4, -0.2) is 25.7 Å². The summed E-state index contributed by atoms with van der Waals surface area (Å²) in [5.41, 5.74) is 15.8. The normalized spacial score (nSPS) is 14.9. The van der Waals surface area contributed by atoms with Gasteiger partial charge in [0.15, 0.2) is 8.07 Å². The molecule has 3 aliphatic rings. The zero-order valence-corrected chi connectivity index (χ0v) is 56.3. The molecule has 86 heavy (non-hydrogen) atoms. The van der Waals surface area contributed by atoms with Gasteiger partial charge in [-0.3, -0.25) is 0 Å². The molecule has 0 atom stereocenters. The van der Waals surface area contributed by atoms with E-state index in [0.717, 1.165) is 39.6 Å². The summed E-state index contributed by atoms with van der Waals surface area (Å²) in [5.74, 6) is 2.15. The van der Waals surface area contributed by atoms with Gasteiger partial charge >= 0.3 is 0 Å². The molecule has 0 saturated heterocycles. The van der Waals surface area contributed by atoms with Gasteiger partial charge in [0.1, 0.15) is 13.9 Å². The molecule has 14 rings (SSSR count). The van der Waals surface area contributed by atoms with E-state index in [9.17, 15) is 0 Å². The summed E-state index contributed by atoms with van der Waals surface area (Å²) in [5, 5.41) is 11.4. The third-order valence-corrected chi connectivity index (χ3v) is 27.6. The van der Waals surface area contributed by atoms with Gasteiger partial charge in [-0.15, -0.1) is 53.3 Å². The molecule has 0 bridgehead atoms. The van der Waals surface area contributed by atoms with E-state index in [1.807, 2.05) is 12.3 Å². The van der Waals surface area contributed by atoms with Crippen molar-refractivity contribution in [2.75, 3.05) is 9.80 Å². The zero-order chi connectivity index (χ0) is 59.3. The Labute approximate surface area is 526 Å². The molecular formula is C78H75N4OPtSi2-3. The number of hydrogen-bond donors (Lipinski definition) is 0. The van der Waals surface area contributed by atoms with Gasteiger partial charge in [-0.1, -0.05) is 233 Å². The minimum Gasteiger partial charge on any atom is -0.509 e. The van der Waals surface area contributed by atoms with E-state index in [1.54, 1.807) is 0 Å². The van der Waals surface area contributed by atoms with E-state index in [-0.39, 0.29) is 42.7 Å². The van der Waals surface area contributed by atoms with Crippen molar-refractivity contribution in [1.82, 2.24) is 9.55 Å². The number of anilines is 4. The van der Waals surface area contributed by atoms with Gasteiger partial charge in [0.05, 0.1) is 0 Å². The van der Waals surface area contributed by atoms with Crippen LogP contribution in [0.5, 0.6) is 11.5 Å². The standard InChI is InChI=1S/C78H75N4OSi2.Pt/c1-75(2,3)52-38-39-79-71(45-52)82-63-32-25-37-69-72(63)73-64(82)47-58(48-70(73)85(69)67-35-22-20-33-65(67)84(13,14)66-34-21-23-36-68(66)85)83-57-29-24-28-56(46-57)80-49-81(62-31-19-18-30-61(62)80)74-59(50-26-16-15-17-27-50)43-55(78(10,11)12)44-60(74)51-40-53(76(4,5)6)42-54(41-51)77(7,8)9;/h15-45,48-49H,1-14H3;/q-3;. The maximum absolute atomic E-state index is 7.34. The predicted octanol–water partition coefficient (Wildman–Crippen LogP) is 16.3. The monoisotopic (exact) mass is 1330 g/mol. The number of fused-ring (bicyclic) bond motifs is 7. The molecule has 8 heteroatoms. The number of para-hydroxylation sites is 2. The Morgan fingerprint density at radius 1 is 0.442 bits per heavy atom. The molecule has 0 saturated carbocycles. The third-order valence-electron chi connectivity index (χ3n) is 18.6. The number of aromatic nitrogens is 2. The van der Waals surface area contributed by atoms with E-state index < -0.39 is 16.1 Å². The Kier molecular flexibility index (Phi) is 13.6. The van der Waals surface area contributed by atoms with Crippen LogP contribution in [0.1, 0.15) is 105 Å². The summed E-state index contributed by atoms with van der Waals surface area (Å²) in [6, 6.07) is 78.7. The quantitative estimate of drug-likeness (QED) is 0.118. The second-order valence-corrected chi connectivity index (χ2v) is 36.6. The average molecular weight is 1340 g/mol. The van der Waals surface area contributed by atoms with Crippen molar-refractivity contribution >= 4 is 91.8 Å². The van der Waals surface area contributed by atoms with Crippen molar-refractivity contribution in [3.05, 3.63) is 235 Å². The Morgan fingerprint density at radius 2 is 0.977 bits per heavy atom. The summed E-state index contributed by atoms with van der Waals surface area (Å²) < 4.78 is 9.69. The van der Waals surface area contributed by atoms with Crippen LogP contribution in [0.4, 0.5) is 22.7 Å². The average Bonchev–Trinajstić information content (AvgIpc) is 1.45. The predicted molar refractivity (Wildman–Crippen MR) is 364 cm³/mol. The molecule has 0 fully saturated rings. The van der Waals surface area contributed by atoms with Gasteiger partial charge in [0, 0.05) is 72.5 Å². The van der Waals surface area contributed by atoms with Crippen LogP contribution in [-0.2, 0) is 42.7 Å². The molecule has 0 N–H and O–H groups in total. The molecule has 0 unspecified atom stereocenters. The van der Waals surface area contributed by atoms with Crippen molar-refractivity contribution < 1.29 is 25.8 Å². The fraction of sp³-hybridized carbons (Fsp3) is 0.231. The molecule has 1 spiro atoms. The number of pyridine rings is 1. The third kappa shape index (κ3) is 9.04. The largest absolute Gasteiger partial charge is 0.509 e. The van der Waals surface area contributed by atoms with E-state index in [2.05, 4.69) is 311 Å². The van der Waals surface area contributed by atoms with E-state index in [4.69, 9.17) is 9.72 Å². The topological polar surface area (TPSA) is 33.5 Å². The molecule has 3 aliphatic heterocycles. The number of rotatable bonds is 7. The Bertz CT molecular complexity index is 4450. The number of benzene rings is 9. The number of hydrogen-bond acceptors (Lipinski definition) is 4. The SMILES string of the molecule is CC(C)(C)c1cc(-c2cc(C(C)(C)C)cc(-c3ccccc3)c2N2[CH-]N(c3[c-]c(Oc4[c-]c5c6c(c4)[Si]4(c7ccccc7[Si](C)(C)c7ccccc74)c4cccc(c46)n5-c4cc(C(C)(C)C)ccn4)ccc3)c3ccccc32)cc(C(C)(C)C)c1.[Pt]. The first-order chi connectivity index (χ1) is 40.4. The van der Waals surface area contributed by atoms with Crippen molar-refractivity contribution in [1.29, 1.82) is 0 Å². The van der Waals surface area contributed by atoms with Crippen molar-refractivity contribution in [2.24, 2.45) is 0 Å². The van der Waals surface area contributed by atoms with Gasteiger partial charge < -0.3 is 19.1 Å². The van der Waals surface area contributed by atoms with Crippen LogP contribution in [0.15, 0.2) is 194 Å². The molecular weight excluding hydrogens is 1260 g/mol. The van der Waals surface area contributed by atoms with Crippen molar-refractivity contribution in [3.8, 4) is 39.6 Å². The van der Waals surface area contributed by atoms with Crippen LogP contribution < -0.4 is 45.7 Å². The zero-order valence-electron chi connectivity index (χ0n) is 52.1. The summed E-state index contributed by atoms with van der Waals surface area (Å²) in [7, 11) is -5.07. The molecule has 0 amide bonds. The second kappa shape index (κ2) is 20.3. The van der Waals surface area contributed by atoms with Gasteiger partial charge in [0.2, 0.25) is 0 Å². The van der Waals surface area contributed by atoms with Gasteiger partial charge in [-0.05, 0) is 118 Å². The van der Waals surface area contributed by atoms with E-state index in [1.165, 1.54) is 86.4 Å². The fourth-order valence-corrected chi connectivity index (χ4v) is 25.2. The van der Waals surface area contributed by atoms with Crippen LogP contribution in [0.25, 0.3) is 49.9 Å². The fourth-order valence-electron chi connectivity index (χ4n) is 14.0. The molecule has 0 radical (unpaired) electrons. The number of ether oxygens (including phenoxy) is 1. The summed E-state index contributed by atoms with van der Waals surface area (Å²) in [6.07, 6.45) is 1.97. The molecule has 9 aromatic carbocycles. The molecule has 2 aromatic heterocycles. The number of nitrogens with zero attached hydrogens (tertiary/aromatic N) is 4. The Hall–Kier alpha value is -7.55. The maximum Gasteiger partial charge on any atom is 0.155 e. The molecule has 434 valence electrons. The Morgan fingerprint density at radius 3 is 1.59 bits per heavy atom. The van der Waals surface area contributed by atoms with Gasteiger partial charge in [-0.2, -0.15) is 6.07 Å². The summed E-state index contributed by atoms with van der Waals surface area (Å²) >= 11 is 0. The first-order valence-corrected chi connectivity index (χ1v) is 35.3. The van der Waals surface area contributed by atoms with Crippen LogP contribution in [0.2, 0.25) is 13.1 Å². The van der Waals surface area contributed by atoms with Gasteiger partial charge in [-0.25, -0.2) is 4.98 Å². The summed E-state index contributed by atoms with van der Waals surface area (Å²) in [4.78, 5) is 9.85. The first kappa shape index (κ1) is 57.5. The van der Waals surface area contributed by atoms with E-state index >= 15 is 0 Å². The molecule has 0 aliphatic carbocycles. The first-order valence-electron chi connectivity index (χ1n) is 30.3. The van der Waals surface area contributed by atoms with Crippen LogP contribution in [0.3, 0.4) is 0 Å². The van der Waals surface area contributed by atoms with Crippen LogP contribution >= 0.6 is 0 Å².